The molecule has 0 aromatic heterocycles. The van der Waals surface area contributed by atoms with Crippen molar-refractivity contribution in [1.82, 2.24) is 0 Å². The third kappa shape index (κ3) is 5.62. The molecule has 0 amide bonds. The molecule has 3 heteroatoms. The summed E-state index contributed by atoms with van der Waals surface area (Å²) in [6.45, 7) is 15.1. The van der Waals surface area contributed by atoms with Crippen molar-refractivity contribution in [2.24, 2.45) is 0 Å². The van der Waals surface area contributed by atoms with Gasteiger partial charge in [0.15, 0.2) is 0 Å². The Morgan fingerprint density at radius 2 is 1.46 bits per heavy atom. The maximum absolute atomic E-state index is 11.7. The molecule has 1 rings (SSSR count). The maximum atomic E-state index is 11.7. The summed E-state index contributed by atoms with van der Waals surface area (Å²) in [5.74, 6) is 0.0551. The summed E-state index contributed by atoms with van der Waals surface area (Å²) in [5.41, 5.74) is 2.55. The third-order valence-corrected chi connectivity index (χ3v) is 5.04. The molecule has 0 aliphatic heterocycles. The van der Waals surface area contributed by atoms with Gasteiger partial charge in [0.1, 0.15) is 5.75 Å². The fraction of sp³-hybridized carbons (Fsp3) is 0.609. The zero-order valence-electron chi connectivity index (χ0n) is 17.6. The predicted molar refractivity (Wildman–Crippen MR) is 110 cm³/mol. The van der Waals surface area contributed by atoms with Crippen LogP contribution in [0.4, 0.5) is 0 Å². The summed E-state index contributed by atoms with van der Waals surface area (Å²) in [6, 6.07) is 4.01. The van der Waals surface area contributed by atoms with Crippen molar-refractivity contribution in [2.75, 3.05) is 6.61 Å². The smallest absolute Gasteiger partial charge is 0.330 e. The molecule has 0 unspecified atom stereocenters. The fourth-order valence-corrected chi connectivity index (χ4v) is 3.66. The molecule has 146 valence electrons. The highest BCUT2D eigenvalue weighted by Crippen LogP contribution is 2.43. The van der Waals surface area contributed by atoms with E-state index in [-0.39, 0.29) is 16.8 Å². The molecule has 0 radical (unpaired) electrons. The van der Waals surface area contributed by atoms with E-state index in [1.54, 1.807) is 13.0 Å². The Bertz CT molecular complexity index is 600. The molecule has 0 saturated heterocycles. The van der Waals surface area contributed by atoms with Crippen LogP contribution in [0.2, 0.25) is 0 Å². The van der Waals surface area contributed by atoms with Gasteiger partial charge in [-0.1, -0.05) is 54.4 Å². The molecule has 3 nitrogen and oxygen atoms in total. The summed E-state index contributed by atoms with van der Waals surface area (Å²) < 4.78 is 4.98. The molecule has 0 aliphatic rings. The van der Waals surface area contributed by atoms with Crippen LogP contribution in [0, 0.1) is 0 Å². The van der Waals surface area contributed by atoms with Crippen molar-refractivity contribution in [3.8, 4) is 5.75 Å². The Balaban J connectivity index is 3.50. The first kappa shape index (κ1) is 22.3. The van der Waals surface area contributed by atoms with E-state index in [1.807, 2.05) is 12.1 Å². The van der Waals surface area contributed by atoms with Gasteiger partial charge in [-0.25, -0.2) is 4.79 Å². The molecule has 0 fully saturated rings. The quantitative estimate of drug-likeness (QED) is 0.426. The van der Waals surface area contributed by atoms with Gasteiger partial charge in [0.25, 0.3) is 0 Å². The van der Waals surface area contributed by atoms with Gasteiger partial charge in [-0.05, 0) is 54.4 Å². The van der Waals surface area contributed by atoms with E-state index >= 15 is 0 Å². The van der Waals surface area contributed by atoms with E-state index in [1.165, 1.54) is 6.08 Å². The van der Waals surface area contributed by atoms with E-state index in [9.17, 15) is 9.90 Å². The molecule has 0 bridgehead atoms. The number of hydrogen-bond acceptors (Lipinski definition) is 3. The van der Waals surface area contributed by atoms with Gasteiger partial charge in [0.05, 0.1) is 6.61 Å². The minimum Gasteiger partial charge on any atom is -0.507 e. The molecule has 1 aromatic rings. The highest BCUT2D eigenvalue weighted by molar-refractivity contribution is 5.87. The van der Waals surface area contributed by atoms with Gasteiger partial charge in [-0.2, -0.15) is 0 Å². The van der Waals surface area contributed by atoms with Crippen molar-refractivity contribution in [2.45, 2.75) is 85.0 Å². The highest BCUT2D eigenvalue weighted by atomic mass is 16.5. The van der Waals surface area contributed by atoms with Crippen LogP contribution >= 0.6 is 0 Å². The molecular weight excluding hydrogens is 324 g/mol. The SMILES string of the molecule is CCCC(C)(C)c1cc(/C=C/C(=O)OCC)cc(C(C)(C)CCC)c1O. The first-order valence-corrected chi connectivity index (χ1v) is 9.81. The second-order valence-corrected chi connectivity index (χ2v) is 8.32. The Labute approximate surface area is 159 Å². The highest BCUT2D eigenvalue weighted by Gasteiger charge is 2.30. The molecule has 0 spiro atoms. The van der Waals surface area contributed by atoms with Crippen LogP contribution < -0.4 is 0 Å². The largest absolute Gasteiger partial charge is 0.507 e. The zero-order chi connectivity index (χ0) is 20.0. The minimum atomic E-state index is -0.343. The number of ether oxygens (including phenoxy) is 1. The number of carbonyl (C=O) groups excluding carboxylic acids is 1. The van der Waals surface area contributed by atoms with Gasteiger partial charge in [0.2, 0.25) is 0 Å². The van der Waals surface area contributed by atoms with Crippen LogP contribution in [0.3, 0.4) is 0 Å². The molecule has 0 heterocycles. The van der Waals surface area contributed by atoms with Gasteiger partial charge >= 0.3 is 5.97 Å². The van der Waals surface area contributed by atoms with E-state index < -0.39 is 0 Å². The maximum Gasteiger partial charge on any atom is 0.330 e. The average molecular weight is 361 g/mol. The van der Waals surface area contributed by atoms with Crippen LogP contribution in [0.25, 0.3) is 6.08 Å². The minimum absolute atomic E-state index is 0.135. The first-order chi connectivity index (χ1) is 12.1. The predicted octanol–water partition coefficient (Wildman–Crippen LogP) is 6.12. The van der Waals surface area contributed by atoms with Crippen molar-refractivity contribution in [1.29, 1.82) is 0 Å². The van der Waals surface area contributed by atoms with Crippen LogP contribution in [0.15, 0.2) is 18.2 Å². The van der Waals surface area contributed by atoms with Gasteiger partial charge < -0.3 is 9.84 Å². The summed E-state index contributed by atoms with van der Waals surface area (Å²) in [4.78, 5) is 11.7. The molecule has 1 aromatic carbocycles. The number of phenols is 1. The lowest BCUT2D eigenvalue weighted by Crippen LogP contribution is -2.22. The number of esters is 1. The Kier molecular flexibility index (Phi) is 7.92. The number of rotatable bonds is 9. The Hall–Kier alpha value is -1.77. The van der Waals surface area contributed by atoms with Crippen LogP contribution in [0.5, 0.6) is 5.75 Å². The number of benzene rings is 1. The number of hydrogen-bond donors (Lipinski definition) is 1. The summed E-state index contributed by atoms with van der Waals surface area (Å²) >= 11 is 0. The van der Waals surface area contributed by atoms with Crippen LogP contribution in [-0.2, 0) is 20.4 Å². The monoisotopic (exact) mass is 360 g/mol. The van der Waals surface area contributed by atoms with Crippen molar-refractivity contribution in [3.63, 3.8) is 0 Å². The first-order valence-electron chi connectivity index (χ1n) is 9.81. The topological polar surface area (TPSA) is 46.5 Å². The normalized spacial score (nSPS) is 12.6. The number of aromatic hydroxyl groups is 1. The molecule has 1 N–H and O–H groups in total. The van der Waals surface area contributed by atoms with Crippen LogP contribution in [0.1, 0.15) is 90.8 Å². The standard InChI is InChI=1S/C23H36O3/c1-8-13-22(4,5)18-15-17(11-12-20(24)26-10-3)16-19(21(18)25)23(6,7)14-9-2/h11-12,15-16,25H,8-10,13-14H2,1-7H3/b12-11+. The van der Waals surface area contributed by atoms with Crippen LogP contribution in [-0.4, -0.2) is 17.7 Å². The van der Waals surface area contributed by atoms with E-state index in [2.05, 4.69) is 41.5 Å². The summed E-state index contributed by atoms with van der Waals surface area (Å²) in [6.07, 6.45) is 7.31. The molecule has 26 heavy (non-hydrogen) atoms. The molecule has 0 atom stereocenters. The van der Waals surface area contributed by atoms with Gasteiger partial charge in [0, 0.05) is 17.2 Å². The molecule has 0 saturated carbocycles. The lowest BCUT2D eigenvalue weighted by atomic mass is 9.73. The van der Waals surface area contributed by atoms with Crippen molar-refractivity contribution < 1.29 is 14.6 Å². The lowest BCUT2D eigenvalue weighted by molar-refractivity contribution is -0.137. The van der Waals surface area contributed by atoms with Crippen molar-refractivity contribution >= 4 is 12.0 Å². The number of phenolic OH excluding ortho intramolecular Hbond substituents is 1. The van der Waals surface area contributed by atoms with E-state index in [4.69, 9.17) is 4.74 Å². The van der Waals surface area contributed by atoms with E-state index in [0.717, 1.165) is 42.4 Å². The second-order valence-electron chi connectivity index (χ2n) is 8.32. The fourth-order valence-electron chi connectivity index (χ4n) is 3.66. The van der Waals surface area contributed by atoms with Gasteiger partial charge in [-0.3, -0.25) is 0 Å². The van der Waals surface area contributed by atoms with Gasteiger partial charge in [-0.15, -0.1) is 0 Å². The third-order valence-electron chi connectivity index (χ3n) is 5.04. The van der Waals surface area contributed by atoms with Crippen molar-refractivity contribution in [3.05, 3.63) is 34.9 Å². The average Bonchev–Trinajstić information content (AvgIpc) is 2.53. The van der Waals surface area contributed by atoms with E-state index in [0.29, 0.717) is 12.4 Å². The summed E-state index contributed by atoms with van der Waals surface area (Å²) in [5, 5.41) is 11.1. The molecular formula is C23H36O3. The summed E-state index contributed by atoms with van der Waals surface area (Å²) in [7, 11) is 0. The Morgan fingerprint density at radius 1 is 1.00 bits per heavy atom. The second kappa shape index (κ2) is 9.25. The molecule has 0 aliphatic carbocycles. The lowest BCUT2D eigenvalue weighted by Gasteiger charge is -2.32. The Morgan fingerprint density at radius 3 is 1.85 bits per heavy atom. The number of carbonyl (C=O) groups is 1. The zero-order valence-corrected chi connectivity index (χ0v) is 17.6.